The number of hydrogen-bond acceptors (Lipinski definition) is 2. The van der Waals surface area contributed by atoms with Crippen LogP contribution in [0, 0.1) is 5.92 Å². The second kappa shape index (κ2) is 5.70. The van der Waals surface area contributed by atoms with Gasteiger partial charge in [0.2, 0.25) is 0 Å². The fourth-order valence-electron chi connectivity index (χ4n) is 3.65. The van der Waals surface area contributed by atoms with Crippen molar-refractivity contribution < 1.29 is 9.21 Å². The summed E-state index contributed by atoms with van der Waals surface area (Å²) in [5.41, 5.74) is 0.669. The number of likely N-dealkylation sites (tertiary alicyclic amines) is 1. The predicted molar refractivity (Wildman–Crippen MR) is 77.0 cm³/mol. The van der Waals surface area contributed by atoms with Crippen LogP contribution >= 0.6 is 15.9 Å². The summed E-state index contributed by atoms with van der Waals surface area (Å²) in [6.45, 7) is 0.900. The van der Waals surface area contributed by atoms with E-state index in [1.165, 1.54) is 38.5 Å². The summed E-state index contributed by atoms with van der Waals surface area (Å²) in [5, 5.41) is 0. The molecular formula is C15H20BrNO2. The molecule has 0 bridgehead atoms. The molecule has 1 aliphatic carbocycles. The number of halogens is 1. The van der Waals surface area contributed by atoms with Gasteiger partial charge in [0.1, 0.15) is 0 Å². The quantitative estimate of drug-likeness (QED) is 0.815. The van der Waals surface area contributed by atoms with Crippen molar-refractivity contribution in [3.05, 3.63) is 22.6 Å². The number of amides is 1. The van der Waals surface area contributed by atoms with Gasteiger partial charge >= 0.3 is 0 Å². The van der Waals surface area contributed by atoms with Crippen molar-refractivity contribution in [3.8, 4) is 0 Å². The van der Waals surface area contributed by atoms with Gasteiger partial charge in [-0.25, -0.2) is 0 Å². The van der Waals surface area contributed by atoms with Crippen LogP contribution in [-0.2, 0) is 0 Å². The van der Waals surface area contributed by atoms with Crippen molar-refractivity contribution in [1.82, 2.24) is 4.90 Å². The van der Waals surface area contributed by atoms with Crippen LogP contribution in [0.4, 0.5) is 0 Å². The minimum atomic E-state index is 0.133. The van der Waals surface area contributed by atoms with E-state index in [-0.39, 0.29) is 5.91 Å². The van der Waals surface area contributed by atoms with Gasteiger partial charge in [-0.1, -0.05) is 19.3 Å². The van der Waals surface area contributed by atoms with Crippen LogP contribution in [0.25, 0.3) is 0 Å². The molecule has 0 spiro atoms. The summed E-state index contributed by atoms with van der Waals surface area (Å²) in [7, 11) is 0. The zero-order chi connectivity index (χ0) is 13.2. The van der Waals surface area contributed by atoms with Crippen LogP contribution in [0.15, 0.2) is 21.4 Å². The molecule has 104 valence electrons. The SMILES string of the molecule is O=C(c1ccoc1Br)N1CCCC1C1CCCCC1. The molecule has 2 heterocycles. The fraction of sp³-hybridized carbons (Fsp3) is 0.667. The molecule has 1 saturated carbocycles. The molecule has 1 atom stereocenters. The highest BCUT2D eigenvalue weighted by atomic mass is 79.9. The van der Waals surface area contributed by atoms with E-state index in [4.69, 9.17) is 4.42 Å². The van der Waals surface area contributed by atoms with Gasteiger partial charge in [0.05, 0.1) is 11.8 Å². The summed E-state index contributed by atoms with van der Waals surface area (Å²) < 4.78 is 5.76. The average molecular weight is 326 g/mol. The molecule has 0 aromatic carbocycles. The highest BCUT2D eigenvalue weighted by Crippen LogP contribution is 2.35. The molecular weight excluding hydrogens is 306 g/mol. The molecule has 4 heteroatoms. The van der Waals surface area contributed by atoms with Gasteiger partial charge in [-0.2, -0.15) is 0 Å². The second-order valence-corrected chi connectivity index (χ2v) is 6.43. The van der Waals surface area contributed by atoms with E-state index in [9.17, 15) is 4.79 Å². The Balaban J connectivity index is 1.75. The Bertz CT molecular complexity index is 451. The molecule has 1 amide bonds. The molecule has 1 unspecified atom stereocenters. The number of rotatable bonds is 2. The lowest BCUT2D eigenvalue weighted by Gasteiger charge is -2.34. The van der Waals surface area contributed by atoms with Crippen molar-refractivity contribution in [2.75, 3.05) is 6.54 Å². The third kappa shape index (κ3) is 2.60. The third-order valence-electron chi connectivity index (χ3n) is 4.60. The average Bonchev–Trinajstić information content (AvgIpc) is 3.07. The molecule has 2 fully saturated rings. The Morgan fingerprint density at radius 2 is 2.00 bits per heavy atom. The van der Waals surface area contributed by atoms with Crippen LogP contribution < -0.4 is 0 Å². The van der Waals surface area contributed by atoms with Gasteiger partial charge in [0, 0.05) is 12.6 Å². The summed E-state index contributed by atoms with van der Waals surface area (Å²) in [4.78, 5) is 14.7. The van der Waals surface area contributed by atoms with E-state index < -0.39 is 0 Å². The molecule has 1 saturated heterocycles. The number of carbonyl (C=O) groups is 1. The molecule has 1 aromatic rings. The van der Waals surface area contributed by atoms with Gasteiger partial charge in [-0.15, -0.1) is 0 Å². The van der Waals surface area contributed by atoms with Crippen molar-refractivity contribution in [1.29, 1.82) is 0 Å². The standard InChI is InChI=1S/C15H20BrNO2/c16-14-12(8-10-19-14)15(18)17-9-4-7-13(17)11-5-2-1-3-6-11/h8,10-11,13H,1-7,9H2. The lowest BCUT2D eigenvalue weighted by atomic mass is 9.83. The second-order valence-electron chi connectivity index (χ2n) is 5.71. The van der Waals surface area contributed by atoms with Gasteiger partial charge in [-0.05, 0) is 53.6 Å². The van der Waals surface area contributed by atoms with E-state index in [0.717, 1.165) is 13.0 Å². The first-order valence-corrected chi connectivity index (χ1v) is 8.10. The Morgan fingerprint density at radius 1 is 1.21 bits per heavy atom. The van der Waals surface area contributed by atoms with E-state index >= 15 is 0 Å². The minimum absolute atomic E-state index is 0.133. The molecule has 1 aromatic heterocycles. The normalized spacial score (nSPS) is 24.9. The Hall–Kier alpha value is -0.770. The summed E-state index contributed by atoms with van der Waals surface area (Å²) in [5.74, 6) is 0.847. The molecule has 0 radical (unpaired) electrons. The summed E-state index contributed by atoms with van der Waals surface area (Å²) in [6.07, 6.45) is 10.5. The lowest BCUT2D eigenvalue weighted by Crippen LogP contribution is -2.40. The Kier molecular flexibility index (Phi) is 3.96. The fourth-order valence-corrected chi connectivity index (χ4v) is 4.06. The first kappa shape index (κ1) is 13.2. The lowest BCUT2D eigenvalue weighted by molar-refractivity contribution is 0.0659. The molecule has 19 heavy (non-hydrogen) atoms. The van der Waals surface area contributed by atoms with Crippen LogP contribution in [0.1, 0.15) is 55.3 Å². The number of nitrogens with zero attached hydrogens (tertiary/aromatic N) is 1. The van der Waals surface area contributed by atoms with Gasteiger partial charge < -0.3 is 9.32 Å². The molecule has 0 N–H and O–H groups in total. The molecule has 3 nitrogen and oxygen atoms in total. The number of furan rings is 1. The molecule has 3 rings (SSSR count). The monoisotopic (exact) mass is 325 g/mol. The van der Waals surface area contributed by atoms with Crippen molar-refractivity contribution in [3.63, 3.8) is 0 Å². The molecule has 2 aliphatic rings. The maximum Gasteiger partial charge on any atom is 0.258 e. The van der Waals surface area contributed by atoms with E-state index in [1.54, 1.807) is 12.3 Å². The van der Waals surface area contributed by atoms with Gasteiger partial charge in [0.15, 0.2) is 4.67 Å². The van der Waals surface area contributed by atoms with Crippen LogP contribution in [0.3, 0.4) is 0 Å². The zero-order valence-corrected chi connectivity index (χ0v) is 12.7. The number of hydrogen-bond donors (Lipinski definition) is 0. The van der Waals surface area contributed by atoms with E-state index in [0.29, 0.717) is 22.2 Å². The van der Waals surface area contributed by atoms with Gasteiger partial charge in [0.25, 0.3) is 5.91 Å². The van der Waals surface area contributed by atoms with Crippen molar-refractivity contribution in [2.45, 2.75) is 51.0 Å². The van der Waals surface area contributed by atoms with Crippen LogP contribution in [-0.4, -0.2) is 23.4 Å². The highest BCUT2D eigenvalue weighted by molar-refractivity contribution is 9.10. The van der Waals surface area contributed by atoms with E-state index in [2.05, 4.69) is 20.8 Å². The topological polar surface area (TPSA) is 33.5 Å². The Morgan fingerprint density at radius 3 is 2.68 bits per heavy atom. The first-order chi connectivity index (χ1) is 9.27. The maximum absolute atomic E-state index is 12.6. The zero-order valence-electron chi connectivity index (χ0n) is 11.1. The van der Waals surface area contributed by atoms with Crippen molar-refractivity contribution >= 4 is 21.8 Å². The van der Waals surface area contributed by atoms with Crippen LogP contribution in [0.2, 0.25) is 0 Å². The smallest absolute Gasteiger partial charge is 0.258 e. The third-order valence-corrected chi connectivity index (χ3v) is 5.22. The first-order valence-electron chi connectivity index (χ1n) is 7.31. The summed E-state index contributed by atoms with van der Waals surface area (Å²) >= 11 is 3.32. The number of carbonyl (C=O) groups excluding carboxylic acids is 1. The van der Waals surface area contributed by atoms with E-state index in [1.807, 2.05) is 0 Å². The maximum atomic E-state index is 12.6. The highest BCUT2D eigenvalue weighted by Gasteiger charge is 2.36. The largest absolute Gasteiger partial charge is 0.457 e. The van der Waals surface area contributed by atoms with Crippen LogP contribution in [0.5, 0.6) is 0 Å². The minimum Gasteiger partial charge on any atom is -0.457 e. The predicted octanol–water partition coefficient (Wildman–Crippen LogP) is 4.23. The van der Waals surface area contributed by atoms with Gasteiger partial charge in [-0.3, -0.25) is 4.79 Å². The molecule has 1 aliphatic heterocycles. The van der Waals surface area contributed by atoms with Crippen molar-refractivity contribution in [2.24, 2.45) is 5.92 Å². The summed E-state index contributed by atoms with van der Waals surface area (Å²) in [6, 6.07) is 2.22. The Labute approximate surface area is 122 Å².